The summed E-state index contributed by atoms with van der Waals surface area (Å²) in [4.78, 5) is 27.4. The van der Waals surface area contributed by atoms with Crippen molar-refractivity contribution in [2.75, 3.05) is 31.6 Å². The summed E-state index contributed by atoms with van der Waals surface area (Å²) in [7, 11) is 0. The van der Waals surface area contributed by atoms with Gasteiger partial charge in [0, 0.05) is 53.6 Å². The van der Waals surface area contributed by atoms with Gasteiger partial charge in [0.15, 0.2) is 5.65 Å². The quantitative estimate of drug-likeness (QED) is 0.283. The van der Waals surface area contributed by atoms with Gasteiger partial charge in [-0.2, -0.15) is 9.61 Å². The van der Waals surface area contributed by atoms with E-state index in [1.807, 2.05) is 12.1 Å². The molecule has 1 aliphatic heterocycles. The predicted molar refractivity (Wildman–Crippen MR) is 150 cm³/mol. The van der Waals surface area contributed by atoms with Gasteiger partial charge < -0.3 is 19.9 Å². The van der Waals surface area contributed by atoms with Gasteiger partial charge in [0.25, 0.3) is 5.91 Å². The number of hydrogen-bond acceptors (Lipinski definition) is 6. The summed E-state index contributed by atoms with van der Waals surface area (Å²) >= 11 is 0. The number of rotatable bonds is 6. The van der Waals surface area contributed by atoms with Gasteiger partial charge in [-0.1, -0.05) is 18.2 Å². The maximum Gasteiger partial charge on any atom is 0.259 e. The lowest BCUT2D eigenvalue weighted by molar-refractivity contribution is 0.0304. The first-order chi connectivity index (χ1) is 19.0. The van der Waals surface area contributed by atoms with Crippen molar-refractivity contribution in [2.24, 2.45) is 4.99 Å². The van der Waals surface area contributed by atoms with Crippen LogP contribution in [0.25, 0.3) is 22.1 Å². The smallest absolute Gasteiger partial charge is 0.259 e. The molecule has 1 aromatic carbocycles. The molecule has 0 unspecified atom stereocenters. The number of fused-ring (bicyclic) bond motifs is 4. The monoisotopic (exact) mass is 527 g/mol. The number of morpholine rings is 1. The van der Waals surface area contributed by atoms with E-state index >= 15 is 0 Å². The lowest BCUT2D eigenvalue weighted by Gasteiger charge is -2.26. The van der Waals surface area contributed by atoms with Crippen LogP contribution in [0, 0.1) is 0 Å². The van der Waals surface area contributed by atoms with Crippen molar-refractivity contribution < 1.29 is 13.9 Å². The van der Waals surface area contributed by atoms with Crippen molar-refractivity contribution in [1.82, 2.24) is 24.5 Å². The number of aryl methyl sites for hydroxylation is 1. The second kappa shape index (κ2) is 10.5. The number of para-hydroxylation sites is 1. The Bertz CT molecular complexity index is 1620. The van der Waals surface area contributed by atoms with Crippen LogP contribution >= 0.6 is 0 Å². The first-order valence-electron chi connectivity index (χ1n) is 13.1. The van der Waals surface area contributed by atoms with E-state index in [1.165, 1.54) is 35.8 Å². The number of anilines is 1. The van der Waals surface area contributed by atoms with E-state index in [0.717, 1.165) is 24.8 Å². The van der Waals surface area contributed by atoms with E-state index < -0.39 is 5.83 Å². The van der Waals surface area contributed by atoms with Crippen molar-refractivity contribution in [3.63, 3.8) is 0 Å². The number of aromatic amines is 1. The first kappa shape index (κ1) is 25.0. The molecule has 0 spiro atoms. The number of hydrogen-bond donors (Lipinski definition) is 2. The molecule has 1 fully saturated rings. The molecule has 4 heterocycles. The second-order valence-electron chi connectivity index (χ2n) is 9.93. The number of aliphatic imine (C=N–C) groups is 1. The zero-order valence-electron chi connectivity index (χ0n) is 21.8. The number of nitrogens with zero attached hydrogens (tertiary/aromatic N) is 5. The zero-order valence-corrected chi connectivity index (χ0v) is 21.8. The van der Waals surface area contributed by atoms with E-state index in [-0.39, 0.29) is 11.9 Å². The molecule has 1 atom stereocenters. The molecule has 0 radical (unpaired) electrons. The number of halogens is 1. The Morgan fingerprint density at radius 3 is 2.92 bits per heavy atom. The van der Waals surface area contributed by atoms with Crippen LogP contribution in [0.2, 0.25) is 0 Å². The fraction of sp³-hybridized carbons (Fsp3) is 0.310. The maximum atomic E-state index is 14.0. The van der Waals surface area contributed by atoms with Crippen LogP contribution in [0.15, 0.2) is 59.6 Å². The standard InChI is InChI=1S/C29H30FN7O2/c1-18(30)13-19(16-31-2)26-15-27(33-20-7-8-25-22(14-20)21-5-3-4-6-24(21)34-25)37-28(35-26)23(17-32-37)29(38)36-9-11-39-12-10-36/h3-6,13,15-17,20,33-34H,2,7-12,14H2,1H3/b18-13+,19-16+/t20-/m1/s1. The van der Waals surface area contributed by atoms with Crippen LogP contribution in [0.5, 0.6) is 0 Å². The summed E-state index contributed by atoms with van der Waals surface area (Å²) in [6.45, 7) is 6.89. The number of carbonyl (C=O) groups is 1. The minimum absolute atomic E-state index is 0.126. The average molecular weight is 528 g/mol. The summed E-state index contributed by atoms with van der Waals surface area (Å²) in [5.74, 6) is 0.122. The summed E-state index contributed by atoms with van der Waals surface area (Å²) in [6, 6.07) is 10.3. The van der Waals surface area contributed by atoms with Crippen molar-refractivity contribution in [3.05, 3.63) is 77.1 Å². The van der Waals surface area contributed by atoms with Crippen LogP contribution in [-0.4, -0.2) is 69.5 Å². The van der Waals surface area contributed by atoms with Gasteiger partial charge in [0.2, 0.25) is 0 Å². The van der Waals surface area contributed by atoms with E-state index in [2.05, 4.69) is 45.3 Å². The number of amides is 1. The summed E-state index contributed by atoms with van der Waals surface area (Å²) < 4.78 is 21.1. The van der Waals surface area contributed by atoms with Crippen molar-refractivity contribution in [1.29, 1.82) is 0 Å². The molecule has 3 aromatic heterocycles. The molecule has 10 heteroatoms. The van der Waals surface area contributed by atoms with Crippen LogP contribution in [0.4, 0.5) is 10.2 Å². The summed E-state index contributed by atoms with van der Waals surface area (Å²) in [5.41, 5.74) is 5.44. The maximum absolute atomic E-state index is 14.0. The largest absolute Gasteiger partial charge is 0.378 e. The van der Waals surface area contributed by atoms with E-state index in [1.54, 1.807) is 15.6 Å². The Labute approximate surface area is 225 Å². The normalized spacial score (nSPS) is 18.4. The topological polar surface area (TPSA) is 99.9 Å². The highest BCUT2D eigenvalue weighted by Crippen LogP contribution is 2.31. The van der Waals surface area contributed by atoms with Gasteiger partial charge in [0.1, 0.15) is 11.4 Å². The average Bonchev–Trinajstić information content (AvgIpc) is 3.54. The molecule has 6 rings (SSSR count). The number of H-pyrrole nitrogens is 1. The highest BCUT2D eigenvalue weighted by atomic mass is 19.1. The molecule has 1 amide bonds. The molecule has 2 aliphatic rings. The minimum Gasteiger partial charge on any atom is -0.378 e. The highest BCUT2D eigenvalue weighted by molar-refractivity contribution is 6.00. The minimum atomic E-state index is -0.390. The van der Waals surface area contributed by atoms with E-state index in [4.69, 9.17) is 9.72 Å². The molecule has 1 aliphatic carbocycles. The highest BCUT2D eigenvalue weighted by Gasteiger charge is 2.26. The Morgan fingerprint density at radius 2 is 2.13 bits per heavy atom. The Kier molecular flexibility index (Phi) is 6.70. The lowest BCUT2D eigenvalue weighted by atomic mass is 9.91. The number of nitrogens with one attached hydrogen (secondary N) is 2. The van der Waals surface area contributed by atoms with Gasteiger partial charge in [-0.05, 0) is 50.6 Å². The molecule has 0 saturated carbocycles. The first-order valence-corrected chi connectivity index (χ1v) is 13.1. The molecule has 39 heavy (non-hydrogen) atoms. The van der Waals surface area contributed by atoms with Gasteiger partial charge in [0.05, 0.1) is 30.9 Å². The molecule has 2 N–H and O–H groups in total. The Balaban J connectivity index is 1.41. The van der Waals surface area contributed by atoms with Crippen LogP contribution in [0.1, 0.15) is 40.7 Å². The van der Waals surface area contributed by atoms with Crippen LogP contribution in [0.3, 0.4) is 0 Å². The third-order valence-electron chi connectivity index (χ3n) is 7.33. The van der Waals surface area contributed by atoms with Crippen molar-refractivity contribution in [2.45, 2.75) is 32.2 Å². The molecular formula is C29H30FN7O2. The molecule has 1 saturated heterocycles. The summed E-state index contributed by atoms with van der Waals surface area (Å²) in [5, 5.41) is 9.45. The third-order valence-corrected chi connectivity index (χ3v) is 7.33. The molecule has 4 aromatic rings. The number of ether oxygens (including phenoxy) is 1. The van der Waals surface area contributed by atoms with Crippen LogP contribution < -0.4 is 5.32 Å². The lowest BCUT2D eigenvalue weighted by Crippen LogP contribution is -2.40. The Hall–Kier alpha value is -4.31. The zero-order chi connectivity index (χ0) is 26.9. The van der Waals surface area contributed by atoms with E-state index in [0.29, 0.717) is 54.6 Å². The number of allylic oxidation sites excluding steroid dienone is 3. The van der Waals surface area contributed by atoms with Gasteiger partial charge in [-0.25, -0.2) is 9.37 Å². The van der Waals surface area contributed by atoms with E-state index in [9.17, 15) is 9.18 Å². The molecule has 200 valence electrons. The number of aromatic nitrogens is 4. The van der Waals surface area contributed by atoms with Gasteiger partial charge >= 0.3 is 0 Å². The van der Waals surface area contributed by atoms with Crippen LogP contribution in [-0.2, 0) is 17.6 Å². The third kappa shape index (κ3) is 4.83. The van der Waals surface area contributed by atoms with Gasteiger partial charge in [-0.3, -0.25) is 9.79 Å². The van der Waals surface area contributed by atoms with Crippen molar-refractivity contribution in [3.8, 4) is 0 Å². The molecular weight excluding hydrogens is 497 g/mol. The second-order valence-corrected chi connectivity index (χ2v) is 9.93. The Morgan fingerprint density at radius 1 is 1.31 bits per heavy atom. The number of benzene rings is 1. The van der Waals surface area contributed by atoms with Gasteiger partial charge in [-0.15, -0.1) is 0 Å². The predicted octanol–water partition coefficient (Wildman–Crippen LogP) is 4.57. The summed E-state index contributed by atoms with van der Waals surface area (Å²) in [6.07, 6.45) is 7.04. The fourth-order valence-corrected chi connectivity index (χ4v) is 5.49. The fourth-order valence-electron chi connectivity index (χ4n) is 5.49. The number of carbonyl (C=O) groups excluding carboxylic acids is 1. The SMILES string of the molecule is C=N/C=C(\C=C(/C)F)c1cc(N[C@@H]2CCc3[nH]c4ccccc4c3C2)n2ncc(C(=O)N3CCOCC3)c2n1. The van der Waals surface area contributed by atoms with Crippen molar-refractivity contribution >= 4 is 40.6 Å². The molecule has 0 bridgehead atoms. The molecule has 9 nitrogen and oxygen atoms in total.